The molecule has 4 saturated carbocycles. The quantitative estimate of drug-likeness (QED) is 0.346. The molecular weight excluding hydrogens is 264 g/mol. The summed E-state index contributed by atoms with van der Waals surface area (Å²) in [5, 5.41) is 0. The third-order valence-corrected chi connectivity index (χ3v) is 7.23. The van der Waals surface area contributed by atoms with Crippen molar-refractivity contribution in [2.75, 3.05) is 0 Å². The molecule has 0 nitrogen and oxygen atoms in total. The van der Waals surface area contributed by atoms with Gasteiger partial charge >= 0.3 is 0 Å². The van der Waals surface area contributed by atoms with E-state index in [2.05, 4.69) is 6.92 Å². The Morgan fingerprint density at radius 2 is 1.00 bits per heavy atom. The standard InChI is InChI=1S/C22H40/c1-2-3-4-5-6-7-8-9-10-11-12-22-16-19-13-20(17-22)15-21(14-19)18-22/h19-21H,2-18H2,1H3. The lowest BCUT2D eigenvalue weighted by atomic mass is 9.48. The first-order valence-electron chi connectivity index (χ1n) is 10.8. The van der Waals surface area contributed by atoms with Gasteiger partial charge in [0.1, 0.15) is 0 Å². The van der Waals surface area contributed by atoms with Crippen molar-refractivity contribution in [3.05, 3.63) is 0 Å². The second-order valence-corrected chi connectivity index (χ2v) is 9.35. The van der Waals surface area contributed by atoms with Crippen LogP contribution in [-0.2, 0) is 0 Å². The first kappa shape index (κ1) is 16.8. The fraction of sp³-hybridized carbons (Fsp3) is 1.00. The van der Waals surface area contributed by atoms with Gasteiger partial charge in [0.05, 0.1) is 0 Å². The van der Waals surface area contributed by atoms with Gasteiger partial charge < -0.3 is 0 Å². The average molecular weight is 305 g/mol. The molecule has 0 heteroatoms. The van der Waals surface area contributed by atoms with Crippen LogP contribution in [0.3, 0.4) is 0 Å². The zero-order valence-electron chi connectivity index (χ0n) is 15.3. The number of hydrogen-bond acceptors (Lipinski definition) is 0. The fourth-order valence-electron chi connectivity index (χ4n) is 6.58. The Morgan fingerprint density at radius 1 is 0.591 bits per heavy atom. The molecule has 0 N–H and O–H groups in total. The molecule has 0 spiro atoms. The lowest BCUT2D eigenvalue weighted by Crippen LogP contribution is -2.45. The molecule has 0 aliphatic heterocycles. The van der Waals surface area contributed by atoms with Gasteiger partial charge in [0.25, 0.3) is 0 Å². The van der Waals surface area contributed by atoms with E-state index in [1.807, 2.05) is 0 Å². The lowest BCUT2D eigenvalue weighted by molar-refractivity contribution is -0.0583. The number of hydrogen-bond donors (Lipinski definition) is 0. The summed E-state index contributed by atoms with van der Waals surface area (Å²) < 4.78 is 0. The summed E-state index contributed by atoms with van der Waals surface area (Å²) in [6.07, 6.45) is 26.2. The van der Waals surface area contributed by atoms with E-state index < -0.39 is 0 Å². The van der Waals surface area contributed by atoms with Gasteiger partial charge in [-0.25, -0.2) is 0 Å². The van der Waals surface area contributed by atoms with Gasteiger partial charge in [-0.3, -0.25) is 0 Å². The van der Waals surface area contributed by atoms with Crippen molar-refractivity contribution in [1.82, 2.24) is 0 Å². The maximum Gasteiger partial charge on any atom is -0.0290 e. The smallest absolute Gasteiger partial charge is 0.0290 e. The average Bonchev–Trinajstić information content (AvgIpc) is 2.48. The molecule has 0 saturated heterocycles. The molecule has 22 heavy (non-hydrogen) atoms. The molecule has 4 rings (SSSR count). The minimum atomic E-state index is 0.842. The summed E-state index contributed by atoms with van der Waals surface area (Å²) in [6, 6.07) is 0. The van der Waals surface area contributed by atoms with Crippen molar-refractivity contribution in [1.29, 1.82) is 0 Å². The molecule has 0 aromatic rings. The Bertz CT molecular complexity index is 281. The van der Waals surface area contributed by atoms with Crippen LogP contribution in [0.2, 0.25) is 0 Å². The first-order valence-corrected chi connectivity index (χ1v) is 10.8. The summed E-state index contributed by atoms with van der Waals surface area (Å²) >= 11 is 0. The van der Waals surface area contributed by atoms with E-state index in [1.54, 1.807) is 51.4 Å². The highest BCUT2D eigenvalue weighted by Gasteiger charge is 2.50. The van der Waals surface area contributed by atoms with Gasteiger partial charge in [-0.2, -0.15) is 0 Å². The fourth-order valence-corrected chi connectivity index (χ4v) is 6.58. The summed E-state index contributed by atoms with van der Waals surface area (Å²) in [6.45, 7) is 2.31. The molecule has 4 aliphatic carbocycles. The molecule has 4 fully saturated rings. The third kappa shape index (κ3) is 4.51. The molecule has 4 aliphatic rings. The van der Waals surface area contributed by atoms with Crippen LogP contribution in [0.25, 0.3) is 0 Å². The molecule has 128 valence electrons. The Morgan fingerprint density at radius 3 is 1.45 bits per heavy atom. The first-order chi connectivity index (χ1) is 10.8. The van der Waals surface area contributed by atoms with Gasteiger partial charge in [-0.1, -0.05) is 71.1 Å². The minimum absolute atomic E-state index is 0.842. The Kier molecular flexibility index (Phi) is 6.28. The summed E-state index contributed by atoms with van der Waals surface area (Å²) in [5.74, 6) is 3.44. The molecule has 0 amide bonds. The van der Waals surface area contributed by atoms with E-state index in [9.17, 15) is 0 Å². The normalized spacial score (nSPS) is 36.1. The van der Waals surface area contributed by atoms with Crippen LogP contribution in [0.15, 0.2) is 0 Å². The highest BCUT2D eigenvalue weighted by atomic mass is 14.5. The van der Waals surface area contributed by atoms with E-state index >= 15 is 0 Å². The van der Waals surface area contributed by atoms with Crippen LogP contribution < -0.4 is 0 Å². The van der Waals surface area contributed by atoms with Crippen LogP contribution in [0.1, 0.15) is 116 Å². The summed E-state index contributed by atoms with van der Waals surface area (Å²) in [7, 11) is 0. The minimum Gasteiger partial charge on any atom is -0.0654 e. The summed E-state index contributed by atoms with van der Waals surface area (Å²) in [5.41, 5.74) is 0.842. The molecule has 4 bridgehead atoms. The van der Waals surface area contributed by atoms with Crippen LogP contribution in [0.4, 0.5) is 0 Å². The van der Waals surface area contributed by atoms with Crippen molar-refractivity contribution in [3.8, 4) is 0 Å². The third-order valence-electron chi connectivity index (χ3n) is 7.23. The SMILES string of the molecule is CCCCCCCCCCCCC12CC3CC(CC(C3)C1)C2. The Labute approximate surface area is 139 Å². The van der Waals surface area contributed by atoms with Gasteiger partial charge in [-0.15, -0.1) is 0 Å². The topological polar surface area (TPSA) is 0 Å². The second-order valence-electron chi connectivity index (χ2n) is 9.35. The van der Waals surface area contributed by atoms with Crippen molar-refractivity contribution in [2.24, 2.45) is 23.2 Å². The van der Waals surface area contributed by atoms with E-state index in [0.717, 1.165) is 23.2 Å². The lowest BCUT2D eigenvalue weighted by Gasteiger charge is -2.57. The van der Waals surface area contributed by atoms with Crippen molar-refractivity contribution >= 4 is 0 Å². The number of rotatable bonds is 11. The largest absolute Gasteiger partial charge is 0.0654 e. The molecule has 0 atom stereocenters. The highest BCUT2D eigenvalue weighted by Crippen LogP contribution is 2.61. The van der Waals surface area contributed by atoms with Crippen molar-refractivity contribution < 1.29 is 0 Å². The predicted octanol–water partition coefficient (Wildman–Crippen LogP) is 7.51. The van der Waals surface area contributed by atoms with Gasteiger partial charge in [-0.05, 0) is 68.1 Å². The van der Waals surface area contributed by atoms with E-state index in [4.69, 9.17) is 0 Å². The van der Waals surface area contributed by atoms with Crippen molar-refractivity contribution in [2.45, 2.75) is 116 Å². The zero-order chi connectivity index (χ0) is 15.3. The van der Waals surface area contributed by atoms with Crippen LogP contribution >= 0.6 is 0 Å². The van der Waals surface area contributed by atoms with Crippen molar-refractivity contribution in [3.63, 3.8) is 0 Å². The van der Waals surface area contributed by atoms with Crippen LogP contribution in [0.5, 0.6) is 0 Å². The predicted molar refractivity (Wildman–Crippen MR) is 97.1 cm³/mol. The van der Waals surface area contributed by atoms with Crippen LogP contribution in [-0.4, -0.2) is 0 Å². The van der Waals surface area contributed by atoms with Gasteiger partial charge in [0.15, 0.2) is 0 Å². The van der Waals surface area contributed by atoms with Crippen LogP contribution in [0, 0.1) is 23.2 Å². The molecule has 0 aromatic heterocycles. The monoisotopic (exact) mass is 304 g/mol. The highest BCUT2D eigenvalue weighted by molar-refractivity contribution is 5.01. The summed E-state index contributed by atoms with van der Waals surface area (Å²) in [4.78, 5) is 0. The molecule has 0 heterocycles. The van der Waals surface area contributed by atoms with E-state index in [-0.39, 0.29) is 0 Å². The number of unbranched alkanes of at least 4 members (excludes halogenated alkanes) is 9. The second kappa shape index (κ2) is 8.20. The molecule has 0 unspecified atom stereocenters. The Hall–Kier alpha value is 0. The van der Waals surface area contributed by atoms with Gasteiger partial charge in [0.2, 0.25) is 0 Å². The van der Waals surface area contributed by atoms with E-state index in [0.29, 0.717) is 0 Å². The van der Waals surface area contributed by atoms with Gasteiger partial charge in [0, 0.05) is 0 Å². The molecule has 0 aromatic carbocycles. The zero-order valence-corrected chi connectivity index (χ0v) is 15.3. The maximum atomic E-state index is 2.31. The van der Waals surface area contributed by atoms with E-state index in [1.165, 1.54) is 57.8 Å². The molecular formula is C22H40. The Balaban J connectivity index is 1.22. The maximum absolute atomic E-state index is 2.31. The molecule has 0 radical (unpaired) electrons.